The minimum atomic E-state index is 0.0913. The van der Waals surface area contributed by atoms with Gasteiger partial charge in [0.05, 0.1) is 0 Å². The van der Waals surface area contributed by atoms with Crippen LogP contribution in [0.5, 0.6) is 0 Å². The maximum absolute atomic E-state index is 12.4. The minimum absolute atomic E-state index is 0.0913. The number of carbonyl (C=O) groups excluding carboxylic acids is 1. The van der Waals surface area contributed by atoms with Gasteiger partial charge in [-0.05, 0) is 58.7 Å². The number of rotatable bonds is 9. The van der Waals surface area contributed by atoms with Crippen LogP contribution in [0.3, 0.4) is 0 Å². The van der Waals surface area contributed by atoms with Crippen molar-refractivity contribution in [2.45, 2.75) is 58.2 Å². The van der Waals surface area contributed by atoms with E-state index in [0.29, 0.717) is 18.6 Å². The van der Waals surface area contributed by atoms with Crippen molar-refractivity contribution in [2.24, 2.45) is 0 Å². The fraction of sp³-hybridized carbons (Fsp3) is 0.632. The van der Waals surface area contributed by atoms with Crippen molar-refractivity contribution in [1.29, 1.82) is 0 Å². The van der Waals surface area contributed by atoms with Crippen LogP contribution in [0.1, 0.15) is 45.1 Å². The predicted molar refractivity (Wildman–Crippen MR) is 95.4 cm³/mol. The van der Waals surface area contributed by atoms with Crippen molar-refractivity contribution in [1.82, 2.24) is 15.1 Å². The zero-order valence-corrected chi connectivity index (χ0v) is 14.8. The van der Waals surface area contributed by atoms with Gasteiger partial charge in [-0.3, -0.25) is 0 Å². The van der Waals surface area contributed by atoms with Crippen LogP contribution >= 0.6 is 0 Å². The Bertz CT molecular complexity index is 471. The Morgan fingerprint density at radius 2 is 1.91 bits per heavy atom. The first-order chi connectivity index (χ1) is 11.1. The summed E-state index contributed by atoms with van der Waals surface area (Å²) in [4.78, 5) is 16.8. The highest BCUT2D eigenvalue weighted by atomic mass is 16.2. The number of hydrogen-bond donors (Lipinski definition) is 1. The Morgan fingerprint density at radius 3 is 2.52 bits per heavy atom. The minimum Gasteiger partial charge on any atom is -0.338 e. The van der Waals surface area contributed by atoms with E-state index in [2.05, 4.69) is 43.2 Å². The summed E-state index contributed by atoms with van der Waals surface area (Å²) in [5.74, 6) is 0. The van der Waals surface area contributed by atoms with Crippen molar-refractivity contribution in [3.05, 3.63) is 35.9 Å². The Labute approximate surface area is 140 Å². The number of nitrogens with zero attached hydrogens (tertiary/aromatic N) is 2. The number of unbranched alkanes of at least 4 members (excludes halogenated alkanes) is 1. The third kappa shape index (κ3) is 6.22. The van der Waals surface area contributed by atoms with Crippen LogP contribution in [-0.4, -0.2) is 48.1 Å². The van der Waals surface area contributed by atoms with Crippen LogP contribution in [0.4, 0.5) is 4.79 Å². The highest BCUT2D eigenvalue weighted by Gasteiger charge is 2.32. The smallest absolute Gasteiger partial charge is 0.317 e. The van der Waals surface area contributed by atoms with E-state index in [0.717, 1.165) is 38.8 Å². The highest BCUT2D eigenvalue weighted by Crippen LogP contribution is 2.28. The van der Waals surface area contributed by atoms with Crippen molar-refractivity contribution in [2.75, 3.05) is 20.1 Å². The van der Waals surface area contributed by atoms with Gasteiger partial charge in [0.25, 0.3) is 0 Å². The molecule has 128 valence electrons. The lowest BCUT2D eigenvalue weighted by molar-refractivity contribution is 0.191. The molecule has 1 aliphatic rings. The number of carbonyl (C=O) groups is 1. The van der Waals surface area contributed by atoms with E-state index in [9.17, 15) is 4.79 Å². The van der Waals surface area contributed by atoms with Gasteiger partial charge in [-0.15, -0.1) is 0 Å². The van der Waals surface area contributed by atoms with Crippen LogP contribution in [-0.2, 0) is 6.54 Å². The molecule has 0 aromatic heterocycles. The molecule has 23 heavy (non-hydrogen) atoms. The van der Waals surface area contributed by atoms with Gasteiger partial charge in [0, 0.05) is 25.2 Å². The lowest BCUT2D eigenvalue weighted by Gasteiger charge is -2.23. The molecule has 1 aromatic rings. The zero-order chi connectivity index (χ0) is 16.7. The fourth-order valence-corrected chi connectivity index (χ4v) is 2.57. The standard InChI is InChI=1S/C19H31N3O/c1-16(2)21(3)14-8-7-13-20-19(23)22(18-11-12-18)15-17-9-5-4-6-10-17/h4-6,9-10,16,18H,7-8,11-15H2,1-3H3,(H,20,23). The van der Waals surface area contributed by atoms with Crippen LogP contribution < -0.4 is 5.32 Å². The van der Waals surface area contributed by atoms with Crippen molar-refractivity contribution in [3.63, 3.8) is 0 Å². The second-order valence-electron chi connectivity index (χ2n) is 6.86. The first-order valence-electron chi connectivity index (χ1n) is 8.86. The SMILES string of the molecule is CC(C)N(C)CCCCNC(=O)N(Cc1ccccc1)C1CC1. The molecule has 2 amide bonds. The maximum atomic E-state index is 12.4. The Hall–Kier alpha value is -1.55. The molecule has 4 heteroatoms. The molecule has 4 nitrogen and oxygen atoms in total. The van der Waals surface area contributed by atoms with Gasteiger partial charge >= 0.3 is 6.03 Å². The fourth-order valence-electron chi connectivity index (χ4n) is 2.57. The quantitative estimate of drug-likeness (QED) is 0.708. The molecular weight excluding hydrogens is 286 g/mol. The molecule has 0 aliphatic heterocycles. The van der Waals surface area contributed by atoms with Crippen LogP contribution in [0, 0.1) is 0 Å². The summed E-state index contributed by atoms with van der Waals surface area (Å²) in [6.45, 7) is 6.98. The Kier molecular flexibility index (Phi) is 6.90. The van der Waals surface area contributed by atoms with E-state index in [-0.39, 0.29) is 6.03 Å². The highest BCUT2D eigenvalue weighted by molar-refractivity contribution is 5.74. The summed E-state index contributed by atoms with van der Waals surface area (Å²) in [7, 11) is 2.15. The predicted octanol–water partition coefficient (Wildman–Crippen LogP) is 3.48. The number of amides is 2. The summed E-state index contributed by atoms with van der Waals surface area (Å²) < 4.78 is 0. The molecule has 0 spiro atoms. The molecule has 1 N–H and O–H groups in total. The van der Waals surface area contributed by atoms with E-state index in [1.54, 1.807) is 0 Å². The second-order valence-corrected chi connectivity index (χ2v) is 6.86. The normalized spacial score (nSPS) is 14.3. The number of hydrogen-bond acceptors (Lipinski definition) is 2. The lowest BCUT2D eigenvalue weighted by Crippen LogP contribution is -2.41. The van der Waals surface area contributed by atoms with Gasteiger partial charge in [-0.1, -0.05) is 30.3 Å². The average molecular weight is 317 g/mol. The maximum Gasteiger partial charge on any atom is 0.317 e. The van der Waals surface area contributed by atoms with Gasteiger partial charge in [0.2, 0.25) is 0 Å². The Balaban J connectivity index is 1.70. The summed E-state index contributed by atoms with van der Waals surface area (Å²) in [6, 6.07) is 11.4. The molecule has 0 saturated heterocycles. The van der Waals surface area contributed by atoms with E-state index in [1.165, 1.54) is 5.56 Å². The molecule has 1 aromatic carbocycles. The summed E-state index contributed by atoms with van der Waals surface area (Å²) in [5.41, 5.74) is 1.20. The van der Waals surface area contributed by atoms with Crippen molar-refractivity contribution < 1.29 is 4.79 Å². The molecular formula is C19H31N3O. The largest absolute Gasteiger partial charge is 0.338 e. The topological polar surface area (TPSA) is 35.6 Å². The zero-order valence-electron chi connectivity index (χ0n) is 14.8. The average Bonchev–Trinajstić information content (AvgIpc) is 3.37. The number of urea groups is 1. The molecule has 1 aliphatic carbocycles. The number of benzene rings is 1. The Morgan fingerprint density at radius 1 is 1.22 bits per heavy atom. The molecule has 0 bridgehead atoms. The molecule has 1 fully saturated rings. The van der Waals surface area contributed by atoms with E-state index in [1.807, 2.05) is 23.1 Å². The third-order valence-corrected chi connectivity index (χ3v) is 4.54. The number of nitrogens with one attached hydrogen (secondary N) is 1. The van der Waals surface area contributed by atoms with E-state index >= 15 is 0 Å². The van der Waals surface area contributed by atoms with Crippen LogP contribution in [0.15, 0.2) is 30.3 Å². The molecule has 2 rings (SSSR count). The van der Waals surface area contributed by atoms with E-state index < -0.39 is 0 Å². The monoisotopic (exact) mass is 317 g/mol. The van der Waals surface area contributed by atoms with Crippen molar-refractivity contribution in [3.8, 4) is 0 Å². The summed E-state index contributed by atoms with van der Waals surface area (Å²) in [5, 5.41) is 3.10. The molecule has 1 saturated carbocycles. The van der Waals surface area contributed by atoms with Gasteiger partial charge in [-0.25, -0.2) is 4.79 Å². The summed E-state index contributed by atoms with van der Waals surface area (Å²) in [6.07, 6.45) is 4.43. The first kappa shape index (κ1) is 17.8. The van der Waals surface area contributed by atoms with Crippen LogP contribution in [0.25, 0.3) is 0 Å². The van der Waals surface area contributed by atoms with Gasteiger partial charge < -0.3 is 15.1 Å². The van der Waals surface area contributed by atoms with Gasteiger partial charge in [0.15, 0.2) is 0 Å². The molecule has 0 unspecified atom stereocenters. The van der Waals surface area contributed by atoms with E-state index in [4.69, 9.17) is 0 Å². The van der Waals surface area contributed by atoms with Gasteiger partial charge in [0.1, 0.15) is 0 Å². The molecule has 0 heterocycles. The molecule has 0 atom stereocenters. The lowest BCUT2D eigenvalue weighted by atomic mass is 10.2. The van der Waals surface area contributed by atoms with Crippen molar-refractivity contribution >= 4 is 6.03 Å². The molecule has 0 radical (unpaired) electrons. The third-order valence-electron chi connectivity index (χ3n) is 4.54. The van der Waals surface area contributed by atoms with Gasteiger partial charge in [-0.2, -0.15) is 0 Å². The second kappa shape index (κ2) is 8.92. The summed E-state index contributed by atoms with van der Waals surface area (Å²) >= 11 is 0. The van der Waals surface area contributed by atoms with Crippen LogP contribution in [0.2, 0.25) is 0 Å². The first-order valence-corrected chi connectivity index (χ1v) is 8.86.